The number of primary amides is 1. The van der Waals surface area contributed by atoms with E-state index >= 15 is 0 Å². The van der Waals surface area contributed by atoms with E-state index < -0.39 is 47.9 Å². The quantitative estimate of drug-likeness (QED) is 0.151. The number of benzene rings is 3. The molecule has 0 spiro atoms. The van der Waals surface area contributed by atoms with Crippen LogP contribution in [-0.4, -0.2) is 69.0 Å². The smallest absolute Gasteiger partial charge is 0.318 e. The maximum atomic E-state index is 13.7. The number of aliphatic hydroxyl groups excluding tert-OH is 1. The SMILES string of the molecule is CC(C)(C)NC(=O)N(Cc1ccccc1)C[C@@H](O)[C@H](Cc1ccccc1)NC(=O)[C@H](CC(N)=O)NC(=O)c1ccc2ccccc2n1. The third-order valence-corrected chi connectivity index (χ3v) is 7.34. The van der Waals surface area contributed by atoms with Crippen LogP contribution >= 0.6 is 0 Å². The Labute approximate surface area is 274 Å². The topological polar surface area (TPSA) is 167 Å². The van der Waals surface area contributed by atoms with Crippen LogP contribution in [0.1, 0.15) is 48.8 Å². The van der Waals surface area contributed by atoms with Gasteiger partial charge < -0.3 is 31.7 Å². The molecule has 4 aromatic rings. The average Bonchev–Trinajstić information content (AvgIpc) is 3.03. The summed E-state index contributed by atoms with van der Waals surface area (Å²) in [6.07, 6.45) is -1.51. The van der Waals surface area contributed by atoms with Crippen LogP contribution in [0.4, 0.5) is 4.79 Å². The standard InChI is InChI=1S/C36H42N6O5/c1-36(2,3)41-35(47)42(22-25-14-8-5-9-15-25)23-31(43)29(20-24-12-6-4-7-13-24)39-34(46)30(21-32(37)44)40-33(45)28-19-18-26-16-10-11-17-27(26)38-28/h4-19,29-31,43H,20-23H2,1-3H3,(H2,37,44)(H,39,46)(H,40,45)(H,41,47)/t29-,30-,31+/m0/s1. The molecule has 47 heavy (non-hydrogen) atoms. The molecule has 11 nitrogen and oxygen atoms in total. The van der Waals surface area contributed by atoms with Crippen molar-refractivity contribution in [3.8, 4) is 0 Å². The van der Waals surface area contributed by atoms with Gasteiger partial charge in [0.1, 0.15) is 11.7 Å². The van der Waals surface area contributed by atoms with E-state index in [1.165, 1.54) is 11.0 Å². The number of hydrogen-bond acceptors (Lipinski definition) is 6. The Kier molecular flexibility index (Phi) is 11.6. The number of aliphatic hydroxyl groups is 1. The molecule has 0 saturated heterocycles. The van der Waals surface area contributed by atoms with Crippen molar-refractivity contribution in [3.63, 3.8) is 0 Å². The summed E-state index contributed by atoms with van der Waals surface area (Å²) in [5.41, 5.74) is 7.28. The number of nitrogens with two attached hydrogens (primary N) is 1. The Hall–Kier alpha value is -5.29. The van der Waals surface area contributed by atoms with Gasteiger partial charge in [0.15, 0.2) is 0 Å². The molecule has 5 amide bonds. The third-order valence-electron chi connectivity index (χ3n) is 7.34. The predicted molar refractivity (Wildman–Crippen MR) is 180 cm³/mol. The molecule has 4 rings (SSSR count). The first-order valence-electron chi connectivity index (χ1n) is 15.5. The van der Waals surface area contributed by atoms with Gasteiger partial charge >= 0.3 is 6.03 Å². The van der Waals surface area contributed by atoms with E-state index in [1.807, 2.05) is 93.6 Å². The Morgan fingerprint density at radius 3 is 2.09 bits per heavy atom. The van der Waals surface area contributed by atoms with Gasteiger partial charge in [-0.3, -0.25) is 14.4 Å². The van der Waals surface area contributed by atoms with Crippen LogP contribution in [0.25, 0.3) is 10.9 Å². The van der Waals surface area contributed by atoms with Gasteiger partial charge in [-0.25, -0.2) is 9.78 Å². The lowest BCUT2D eigenvalue weighted by Crippen LogP contribution is -2.57. The van der Waals surface area contributed by atoms with Crippen molar-refractivity contribution in [2.75, 3.05) is 6.54 Å². The lowest BCUT2D eigenvalue weighted by molar-refractivity contribution is -0.128. The summed E-state index contributed by atoms with van der Waals surface area (Å²) in [4.78, 5) is 58.1. The zero-order chi connectivity index (χ0) is 34.0. The van der Waals surface area contributed by atoms with Gasteiger partial charge in [0.25, 0.3) is 5.91 Å². The Morgan fingerprint density at radius 1 is 0.830 bits per heavy atom. The summed E-state index contributed by atoms with van der Waals surface area (Å²) >= 11 is 0. The Balaban J connectivity index is 1.56. The number of nitrogens with zero attached hydrogens (tertiary/aromatic N) is 2. The fourth-order valence-corrected chi connectivity index (χ4v) is 5.05. The highest BCUT2D eigenvalue weighted by atomic mass is 16.3. The molecule has 0 saturated carbocycles. The van der Waals surface area contributed by atoms with Crippen molar-refractivity contribution < 1.29 is 24.3 Å². The summed E-state index contributed by atoms with van der Waals surface area (Å²) in [7, 11) is 0. The van der Waals surface area contributed by atoms with E-state index in [4.69, 9.17) is 5.73 Å². The van der Waals surface area contributed by atoms with Gasteiger partial charge in [0.2, 0.25) is 11.8 Å². The van der Waals surface area contributed by atoms with Gasteiger partial charge in [-0.1, -0.05) is 84.9 Å². The first kappa shape index (κ1) is 34.6. The number of pyridine rings is 1. The first-order valence-corrected chi connectivity index (χ1v) is 15.5. The number of carbonyl (C=O) groups is 4. The number of urea groups is 1. The van der Waals surface area contributed by atoms with Crippen LogP contribution in [0.2, 0.25) is 0 Å². The second-order valence-electron chi connectivity index (χ2n) is 12.5. The van der Waals surface area contributed by atoms with Crippen molar-refractivity contribution in [1.29, 1.82) is 0 Å². The van der Waals surface area contributed by atoms with Crippen LogP contribution in [0.15, 0.2) is 97.1 Å². The highest BCUT2D eigenvalue weighted by Crippen LogP contribution is 2.14. The van der Waals surface area contributed by atoms with Crippen molar-refractivity contribution in [3.05, 3.63) is 114 Å². The number of aromatic nitrogens is 1. The molecule has 246 valence electrons. The van der Waals surface area contributed by atoms with Crippen LogP contribution in [-0.2, 0) is 22.6 Å². The maximum Gasteiger partial charge on any atom is 0.318 e. The molecular weight excluding hydrogens is 596 g/mol. The molecular formula is C36H42N6O5. The summed E-state index contributed by atoms with van der Waals surface area (Å²) < 4.78 is 0. The largest absolute Gasteiger partial charge is 0.389 e. The van der Waals surface area contributed by atoms with Crippen LogP contribution < -0.4 is 21.7 Å². The Morgan fingerprint density at radius 2 is 1.45 bits per heavy atom. The number of nitrogens with one attached hydrogen (secondary N) is 3. The van der Waals surface area contributed by atoms with Crippen molar-refractivity contribution in [2.24, 2.45) is 5.73 Å². The molecule has 6 N–H and O–H groups in total. The van der Waals surface area contributed by atoms with Crippen LogP contribution in [0, 0.1) is 0 Å². The van der Waals surface area contributed by atoms with Gasteiger partial charge in [-0.15, -0.1) is 0 Å². The summed E-state index contributed by atoms with van der Waals surface area (Å²) in [6.45, 7) is 5.68. The summed E-state index contributed by atoms with van der Waals surface area (Å²) in [5, 5.41) is 20.8. The number of fused-ring (bicyclic) bond motifs is 1. The van der Waals surface area contributed by atoms with E-state index in [-0.39, 0.29) is 31.2 Å². The third kappa shape index (κ3) is 10.6. The minimum absolute atomic E-state index is 0.0632. The molecule has 3 aromatic carbocycles. The minimum Gasteiger partial charge on any atom is -0.389 e. The molecule has 0 bridgehead atoms. The zero-order valence-corrected chi connectivity index (χ0v) is 26.9. The van der Waals surface area contributed by atoms with Crippen LogP contribution in [0.3, 0.4) is 0 Å². The molecule has 0 unspecified atom stereocenters. The number of para-hydroxylation sites is 1. The van der Waals surface area contributed by atoms with Gasteiger partial charge in [-0.05, 0) is 50.5 Å². The van der Waals surface area contributed by atoms with E-state index in [2.05, 4.69) is 20.9 Å². The second kappa shape index (κ2) is 15.8. The molecule has 0 aliphatic heterocycles. The number of amides is 5. The van der Waals surface area contributed by atoms with E-state index in [0.29, 0.717) is 5.52 Å². The predicted octanol–water partition coefficient (Wildman–Crippen LogP) is 3.31. The number of rotatable bonds is 13. The average molecular weight is 639 g/mol. The van der Waals surface area contributed by atoms with E-state index in [0.717, 1.165) is 16.5 Å². The lowest BCUT2D eigenvalue weighted by Gasteiger charge is -2.33. The Bertz CT molecular complexity index is 1680. The maximum absolute atomic E-state index is 13.7. The van der Waals surface area contributed by atoms with Gasteiger partial charge in [-0.2, -0.15) is 0 Å². The fourth-order valence-electron chi connectivity index (χ4n) is 5.05. The number of carbonyl (C=O) groups excluding carboxylic acids is 4. The molecule has 0 aliphatic rings. The first-order chi connectivity index (χ1) is 22.4. The number of hydrogen-bond donors (Lipinski definition) is 5. The normalized spacial score (nSPS) is 13.2. The summed E-state index contributed by atoms with van der Waals surface area (Å²) in [5.74, 6) is -2.18. The highest BCUT2D eigenvalue weighted by molar-refractivity contribution is 5.99. The minimum atomic E-state index is -1.34. The molecule has 0 fully saturated rings. The van der Waals surface area contributed by atoms with E-state index in [9.17, 15) is 24.3 Å². The molecule has 1 heterocycles. The summed E-state index contributed by atoms with van der Waals surface area (Å²) in [6, 6.07) is 26.5. The molecule has 1 aromatic heterocycles. The molecule has 3 atom stereocenters. The second-order valence-corrected chi connectivity index (χ2v) is 12.5. The molecule has 0 radical (unpaired) electrons. The lowest BCUT2D eigenvalue weighted by atomic mass is 9.99. The highest BCUT2D eigenvalue weighted by Gasteiger charge is 2.31. The zero-order valence-electron chi connectivity index (χ0n) is 26.9. The van der Waals surface area contributed by atoms with Gasteiger partial charge in [0.05, 0.1) is 30.6 Å². The van der Waals surface area contributed by atoms with Crippen molar-refractivity contribution in [2.45, 2.75) is 63.9 Å². The van der Waals surface area contributed by atoms with Crippen molar-refractivity contribution in [1.82, 2.24) is 25.8 Å². The monoisotopic (exact) mass is 638 g/mol. The molecule has 0 aliphatic carbocycles. The fraction of sp³-hybridized carbons (Fsp3) is 0.306. The molecule has 11 heteroatoms. The van der Waals surface area contributed by atoms with Crippen molar-refractivity contribution >= 4 is 34.7 Å². The van der Waals surface area contributed by atoms with Crippen LogP contribution in [0.5, 0.6) is 0 Å². The van der Waals surface area contributed by atoms with Gasteiger partial charge in [0, 0.05) is 17.5 Å². The van der Waals surface area contributed by atoms with E-state index in [1.54, 1.807) is 18.2 Å².